The lowest BCUT2D eigenvalue weighted by Crippen LogP contribution is -2.23. The van der Waals surface area contributed by atoms with Gasteiger partial charge in [-0.05, 0) is 60.3 Å². The Bertz CT molecular complexity index is 1410. The third kappa shape index (κ3) is 4.95. The summed E-state index contributed by atoms with van der Waals surface area (Å²) in [5.41, 5.74) is 2.87. The maximum absolute atomic E-state index is 13.0. The summed E-state index contributed by atoms with van der Waals surface area (Å²) in [6, 6.07) is 25.5. The smallest absolute Gasteiger partial charge is 0.266 e. The van der Waals surface area contributed by atoms with Crippen LogP contribution in [0.4, 0.5) is 5.69 Å². The zero-order valence-electron chi connectivity index (χ0n) is 19.5. The van der Waals surface area contributed by atoms with E-state index >= 15 is 0 Å². The summed E-state index contributed by atoms with van der Waals surface area (Å²) in [7, 11) is 3.38. The largest absolute Gasteiger partial charge is 0.497 e. The fraction of sp³-hybridized carbons (Fsp3) is 0.143. The van der Waals surface area contributed by atoms with E-state index in [1.54, 1.807) is 19.1 Å². The Hall–Kier alpha value is -3.97. The Kier molecular flexibility index (Phi) is 6.59. The second kappa shape index (κ2) is 10.1. The molecule has 5 rings (SSSR count). The van der Waals surface area contributed by atoms with Crippen LogP contribution in [0.3, 0.4) is 0 Å². The Balaban J connectivity index is 1.38. The third-order valence-electron chi connectivity index (χ3n) is 5.75. The van der Waals surface area contributed by atoms with E-state index in [0.717, 1.165) is 33.7 Å². The number of nitrogens with zero attached hydrogens (tertiary/aromatic N) is 3. The van der Waals surface area contributed by atoms with Gasteiger partial charge < -0.3 is 14.0 Å². The van der Waals surface area contributed by atoms with Crippen LogP contribution >= 0.6 is 11.8 Å². The number of fused-ring (bicyclic) bond motifs is 1. The monoisotopic (exact) mass is 483 g/mol. The lowest BCUT2D eigenvalue weighted by molar-refractivity contribution is -0.121. The van der Waals surface area contributed by atoms with Crippen molar-refractivity contribution in [1.82, 2.24) is 9.47 Å². The quantitative estimate of drug-likeness (QED) is 0.304. The number of benzene rings is 3. The van der Waals surface area contributed by atoms with Gasteiger partial charge in [-0.3, -0.25) is 9.69 Å². The minimum Gasteiger partial charge on any atom is -0.497 e. The lowest BCUT2D eigenvalue weighted by atomic mass is 10.1. The molecule has 0 unspecified atom stereocenters. The molecular formula is C28H25N3O3S. The summed E-state index contributed by atoms with van der Waals surface area (Å²) in [5, 5.41) is 1.74. The van der Waals surface area contributed by atoms with Crippen LogP contribution in [-0.2, 0) is 11.3 Å². The number of carbonyl (C=O) groups excluding carboxylic acids is 1. The summed E-state index contributed by atoms with van der Waals surface area (Å²) in [6.07, 6.45) is 4.04. The SMILES string of the molecule is COc1ccc(N=C2S/C(=C/c3cn(CCOc4ccccc4)c4ccccc34)C(=O)N2C)cc1. The molecule has 1 aliphatic rings. The zero-order valence-corrected chi connectivity index (χ0v) is 20.4. The Morgan fingerprint density at radius 3 is 2.46 bits per heavy atom. The van der Waals surface area contributed by atoms with Crippen molar-refractivity contribution < 1.29 is 14.3 Å². The molecule has 0 atom stereocenters. The Labute approximate surface area is 208 Å². The zero-order chi connectivity index (χ0) is 24.2. The average Bonchev–Trinajstić information content (AvgIpc) is 3.37. The molecule has 0 radical (unpaired) electrons. The van der Waals surface area contributed by atoms with Gasteiger partial charge in [-0.25, -0.2) is 4.99 Å². The van der Waals surface area contributed by atoms with Gasteiger partial charge in [-0.1, -0.05) is 36.4 Å². The predicted molar refractivity (Wildman–Crippen MR) is 142 cm³/mol. The molecule has 0 aliphatic carbocycles. The van der Waals surface area contributed by atoms with E-state index in [1.807, 2.05) is 72.8 Å². The molecule has 1 aromatic heterocycles. The number of amides is 1. The number of hydrogen-bond donors (Lipinski definition) is 0. The number of methoxy groups -OCH3 is 1. The maximum atomic E-state index is 13.0. The molecular weight excluding hydrogens is 458 g/mol. The van der Waals surface area contributed by atoms with Gasteiger partial charge in [0.2, 0.25) is 0 Å². The number of para-hydroxylation sites is 2. The van der Waals surface area contributed by atoms with Crippen LogP contribution < -0.4 is 9.47 Å². The second-order valence-corrected chi connectivity index (χ2v) is 9.03. The number of rotatable bonds is 7. The third-order valence-corrected chi connectivity index (χ3v) is 6.81. The number of hydrogen-bond acceptors (Lipinski definition) is 5. The second-order valence-electron chi connectivity index (χ2n) is 8.02. The van der Waals surface area contributed by atoms with Gasteiger partial charge in [0.25, 0.3) is 5.91 Å². The first-order chi connectivity index (χ1) is 17.1. The van der Waals surface area contributed by atoms with E-state index in [1.165, 1.54) is 11.8 Å². The number of likely N-dealkylation sites (N-methyl/N-ethyl adjacent to an activating group) is 1. The average molecular weight is 484 g/mol. The fourth-order valence-corrected chi connectivity index (χ4v) is 4.89. The molecule has 1 amide bonds. The molecule has 176 valence electrons. The van der Waals surface area contributed by atoms with Crippen molar-refractivity contribution in [3.8, 4) is 11.5 Å². The summed E-state index contributed by atoms with van der Waals surface area (Å²) in [5.74, 6) is 1.56. The van der Waals surface area contributed by atoms with Gasteiger partial charge in [-0.15, -0.1) is 0 Å². The van der Waals surface area contributed by atoms with Gasteiger partial charge >= 0.3 is 0 Å². The van der Waals surface area contributed by atoms with Crippen molar-refractivity contribution >= 4 is 45.5 Å². The maximum Gasteiger partial charge on any atom is 0.266 e. The molecule has 3 aromatic carbocycles. The minimum absolute atomic E-state index is 0.0634. The fourth-order valence-electron chi connectivity index (χ4n) is 3.91. The van der Waals surface area contributed by atoms with Gasteiger partial charge in [0.15, 0.2) is 5.17 Å². The van der Waals surface area contributed by atoms with E-state index in [-0.39, 0.29) is 5.91 Å². The molecule has 7 heteroatoms. The number of carbonyl (C=O) groups is 1. The predicted octanol–water partition coefficient (Wildman–Crippen LogP) is 5.96. The van der Waals surface area contributed by atoms with Crippen molar-refractivity contribution in [1.29, 1.82) is 0 Å². The highest BCUT2D eigenvalue weighted by atomic mass is 32.2. The van der Waals surface area contributed by atoms with Crippen LogP contribution in [0.15, 0.2) is 95.0 Å². The number of amidine groups is 1. The summed E-state index contributed by atoms with van der Waals surface area (Å²) in [4.78, 5) is 19.9. The number of ether oxygens (including phenoxy) is 2. The summed E-state index contributed by atoms with van der Waals surface area (Å²) in [6.45, 7) is 1.25. The van der Waals surface area contributed by atoms with Crippen LogP contribution in [0.2, 0.25) is 0 Å². The standard InChI is InChI=1S/C28H25N3O3S/c1-30-27(32)26(35-28(30)29-21-12-14-22(33-2)15-13-21)18-20-19-31(25-11-7-6-10-24(20)25)16-17-34-23-8-4-3-5-9-23/h3-15,18-19H,16-17H2,1-2H3/b26-18+,29-28?. The lowest BCUT2D eigenvalue weighted by Gasteiger charge is -2.08. The van der Waals surface area contributed by atoms with Crippen molar-refractivity contribution in [3.05, 3.63) is 95.5 Å². The van der Waals surface area contributed by atoms with Crippen LogP contribution in [0, 0.1) is 0 Å². The van der Waals surface area contributed by atoms with E-state index in [4.69, 9.17) is 9.47 Å². The van der Waals surface area contributed by atoms with E-state index in [2.05, 4.69) is 27.9 Å². The molecule has 0 spiro atoms. The first-order valence-electron chi connectivity index (χ1n) is 11.3. The van der Waals surface area contributed by atoms with Gasteiger partial charge in [0, 0.05) is 29.7 Å². The molecule has 1 fully saturated rings. The van der Waals surface area contributed by atoms with Crippen molar-refractivity contribution in [3.63, 3.8) is 0 Å². The molecule has 0 saturated carbocycles. The number of aliphatic imine (C=N–C) groups is 1. The molecule has 2 heterocycles. The van der Waals surface area contributed by atoms with Gasteiger partial charge in [0.1, 0.15) is 18.1 Å². The van der Waals surface area contributed by atoms with Crippen molar-refractivity contribution in [2.24, 2.45) is 4.99 Å². The minimum atomic E-state index is -0.0634. The number of thioether (sulfide) groups is 1. The normalized spacial score (nSPS) is 15.9. The Morgan fingerprint density at radius 2 is 1.69 bits per heavy atom. The van der Waals surface area contributed by atoms with Crippen molar-refractivity contribution in [2.75, 3.05) is 20.8 Å². The van der Waals surface area contributed by atoms with E-state index < -0.39 is 0 Å². The molecule has 4 aromatic rings. The molecule has 1 saturated heterocycles. The number of aromatic nitrogens is 1. The highest BCUT2D eigenvalue weighted by Crippen LogP contribution is 2.35. The Morgan fingerprint density at radius 1 is 0.943 bits per heavy atom. The first-order valence-corrected chi connectivity index (χ1v) is 12.1. The van der Waals surface area contributed by atoms with Crippen LogP contribution in [-0.4, -0.2) is 41.3 Å². The summed E-state index contributed by atoms with van der Waals surface area (Å²) < 4.78 is 13.3. The highest BCUT2D eigenvalue weighted by molar-refractivity contribution is 8.18. The molecule has 6 nitrogen and oxygen atoms in total. The van der Waals surface area contributed by atoms with Crippen LogP contribution in [0.5, 0.6) is 11.5 Å². The van der Waals surface area contributed by atoms with E-state index in [0.29, 0.717) is 23.2 Å². The van der Waals surface area contributed by atoms with Gasteiger partial charge in [-0.2, -0.15) is 0 Å². The van der Waals surface area contributed by atoms with Crippen LogP contribution in [0.1, 0.15) is 5.56 Å². The van der Waals surface area contributed by atoms with Crippen molar-refractivity contribution in [2.45, 2.75) is 6.54 Å². The highest BCUT2D eigenvalue weighted by Gasteiger charge is 2.30. The molecule has 35 heavy (non-hydrogen) atoms. The summed E-state index contributed by atoms with van der Waals surface area (Å²) >= 11 is 1.38. The molecule has 0 N–H and O–H groups in total. The van der Waals surface area contributed by atoms with E-state index in [9.17, 15) is 4.79 Å². The van der Waals surface area contributed by atoms with Gasteiger partial charge in [0.05, 0.1) is 24.2 Å². The topological polar surface area (TPSA) is 56.1 Å². The van der Waals surface area contributed by atoms with Crippen LogP contribution in [0.25, 0.3) is 17.0 Å². The first kappa shape index (κ1) is 22.8. The molecule has 1 aliphatic heterocycles. The molecule has 0 bridgehead atoms.